The highest BCUT2D eigenvalue weighted by atomic mass is 16.3. The molecule has 4 heteroatoms. The van der Waals surface area contributed by atoms with Crippen molar-refractivity contribution in [3.63, 3.8) is 0 Å². The van der Waals surface area contributed by atoms with Gasteiger partial charge in [-0.1, -0.05) is 68.0 Å². The summed E-state index contributed by atoms with van der Waals surface area (Å²) < 4.78 is 0. The summed E-state index contributed by atoms with van der Waals surface area (Å²) in [6.07, 6.45) is 7.45. The molecule has 2 aliphatic rings. The smallest absolute Gasteiger partial charge is 0.253 e. The van der Waals surface area contributed by atoms with Crippen molar-refractivity contribution in [2.45, 2.75) is 38.1 Å². The van der Waals surface area contributed by atoms with Crippen molar-refractivity contribution in [2.75, 3.05) is 11.9 Å². The van der Waals surface area contributed by atoms with Crippen molar-refractivity contribution < 1.29 is 9.90 Å². The Morgan fingerprint density at radius 3 is 2.87 bits per heavy atom. The van der Waals surface area contributed by atoms with Crippen molar-refractivity contribution >= 4 is 22.4 Å². The van der Waals surface area contributed by atoms with E-state index in [1.165, 1.54) is 0 Å². The predicted octanol–water partition coefficient (Wildman–Crippen LogP) is 5.90. The molecule has 1 heterocycles. The lowest BCUT2D eigenvalue weighted by Gasteiger charge is -2.39. The van der Waals surface area contributed by atoms with E-state index < -0.39 is 0 Å². The largest absolute Gasteiger partial charge is 0.508 e. The first-order valence-corrected chi connectivity index (χ1v) is 11.2. The van der Waals surface area contributed by atoms with Gasteiger partial charge in [-0.2, -0.15) is 0 Å². The first-order chi connectivity index (χ1) is 15.2. The number of fused-ring (bicyclic) bond motifs is 4. The molecule has 5 rings (SSSR count). The summed E-state index contributed by atoms with van der Waals surface area (Å²) in [6, 6.07) is 17.8. The molecule has 1 amide bonds. The van der Waals surface area contributed by atoms with Gasteiger partial charge in [-0.3, -0.25) is 4.79 Å². The molecule has 0 fully saturated rings. The standard InChI is InChI=1S/C27H28N2O2/c1-2-3-16-28-27(31)22-13-7-11-20-19-10-6-12-21(19)26(29-25(20)22)24-18-9-5-4-8-17(18)14-15-23(24)30/h4-11,13-15,19,21,26,29-30H,2-3,12,16H2,1H3,(H,28,31). The molecule has 3 atom stereocenters. The fourth-order valence-corrected chi connectivity index (χ4v) is 5.18. The number of amides is 1. The molecule has 3 N–H and O–H groups in total. The van der Waals surface area contributed by atoms with Gasteiger partial charge in [0.25, 0.3) is 5.91 Å². The number of phenolic OH excluding ortho intramolecular Hbond substituents is 1. The van der Waals surface area contributed by atoms with Gasteiger partial charge in [-0.05, 0) is 47.2 Å². The first-order valence-electron chi connectivity index (χ1n) is 11.2. The second-order valence-electron chi connectivity index (χ2n) is 8.57. The summed E-state index contributed by atoms with van der Waals surface area (Å²) in [5.74, 6) is 0.778. The minimum Gasteiger partial charge on any atom is -0.508 e. The maximum atomic E-state index is 13.0. The predicted molar refractivity (Wildman–Crippen MR) is 126 cm³/mol. The quantitative estimate of drug-likeness (QED) is 0.361. The molecule has 1 aliphatic carbocycles. The molecule has 0 spiro atoms. The van der Waals surface area contributed by atoms with E-state index in [0.29, 0.717) is 23.8 Å². The van der Waals surface area contributed by atoms with Crippen LogP contribution >= 0.6 is 0 Å². The lowest BCUT2D eigenvalue weighted by molar-refractivity contribution is 0.0953. The molecule has 1 aliphatic heterocycles. The van der Waals surface area contributed by atoms with E-state index in [-0.39, 0.29) is 17.9 Å². The SMILES string of the molecule is CCCCNC(=O)c1cccc2c1NC(c1c(O)ccc3ccccc13)C1CC=CC21. The van der Waals surface area contributed by atoms with E-state index in [1.54, 1.807) is 6.07 Å². The number of carbonyl (C=O) groups is 1. The van der Waals surface area contributed by atoms with Gasteiger partial charge < -0.3 is 15.7 Å². The number of para-hydroxylation sites is 1. The van der Waals surface area contributed by atoms with Gasteiger partial charge in [0.1, 0.15) is 5.75 Å². The number of anilines is 1. The molecule has 3 aromatic rings. The number of benzene rings is 3. The molecule has 31 heavy (non-hydrogen) atoms. The highest BCUT2D eigenvalue weighted by Crippen LogP contribution is 2.52. The Kier molecular flexibility index (Phi) is 5.14. The average Bonchev–Trinajstić information content (AvgIpc) is 3.29. The number of nitrogens with one attached hydrogen (secondary N) is 2. The van der Waals surface area contributed by atoms with E-state index >= 15 is 0 Å². The summed E-state index contributed by atoms with van der Waals surface area (Å²) in [4.78, 5) is 13.0. The number of hydrogen-bond acceptors (Lipinski definition) is 3. The Labute approximate surface area is 183 Å². The van der Waals surface area contributed by atoms with Crippen LogP contribution < -0.4 is 10.6 Å². The van der Waals surface area contributed by atoms with Crippen molar-refractivity contribution in [2.24, 2.45) is 5.92 Å². The van der Waals surface area contributed by atoms with Gasteiger partial charge in [0, 0.05) is 18.0 Å². The number of carbonyl (C=O) groups excluding carboxylic acids is 1. The lowest BCUT2D eigenvalue weighted by Crippen LogP contribution is -2.32. The maximum absolute atomic E-state index is 13.0. The number of unbranched alkanes of at least 4 members (excludes halogenated alkanes) is 1. The fraction of sp³-hybridized carbons (Fsp3) is 0.296. The van der Waals surface area contributed by atoms with Gasteiger partial charge in [0.15, 0.2) is 0 Å². The maximum Gasteiger partial charge on any atom is 0.253 e. The molecular weight excluding hydrogens is 384 g/mol. The monoisotopic (exact) mass is 412 g/mol. The molecule has 0 saturated heterocycles. The average molecular weight is 413 g/mol. The Balaban J connectivity index is 1.61. The van der Waals surface area contributed by atoms with Crippen molar-refractivity contribution in [1.29, 1.82) is 0 Å². The molecule has 0 saturated carbocycles. The number of rotatable bonds is 5. The topological polar surface area (TPSA) is 61.4 Å². The zero-order valence-corrected chi connectivity index (χ0v) is 17.8. The fourth-order valence-electron chi connectivity index (χ4n) is 5.18. The zero-order chi connectivity index (χ0) is 21.4. The summed E-state index contributed by atoms with van der Waals surface area (Å²) in [5.41, 5.74) is 3.65. The highest BCUT2D eigenvalue weighted by molar-refractivity contribution is 6.01. The molecule has 3 aromatic carbocycles. The third kappa shape index (κ3) is 3.36. The number of hydrogen-bond donors (Lipinski definition) is 3. The number of aromatic hydroxyl groups is 1. The van der Waals surface area contributed by atoms with E-state index in [1.807, 2.05) is 30.3 Å². The molecule has 3 unspecified atom stereocenters. The van der Waals surface area contributed by atoms with Gasteiger partial charge in [-0.15, -0.1) is 0 Å². The van der Waals surface area contributed by atoms with E-state index in [2.05, 4.69) is 47.9 Å². The summed E-state index contributed by atoms with van der Waals surface area (Å²) >= 11 is 0. The van der Waals surface area contributed by atoms with Gasteiger partial charge >= 0.3 is 0 Å². The van der Waals surface area contributed by atoms with Crippen molar-refractivity contribution in [3.05, 3.63) is 83.4 Å². The second-order valence-corrected chi connectivity index (χ2v) is 8.57. The van der Waals surface area contributed by atoms with Crippen molar-refractivity contribution in [3.8, 4) is 5.75 Å². The van der Waals surface area contributed by atoms with Crippen LogP contribution in [0.25, 0.3) is 10.8 Å². The minimum atomic E-state index is -0.0804. The summed E-state index contributed by atoms with van der Waals surface area (Å²) in [6.45, 7) is 2.80. The van der Waals surface area contributed by atoms with Gasteiger partial charge in [-0.25, -0.2) is 0 Å². The third-order valence-electron chi connectivity index (χ3n) is 6.72. The zero-order valence-electron chi connectivity index (χ0n) is 17.8. The van der Waals surface area contributed by atoms with Crippen LogP contribution in [0.1, 0.15) is 59.6 Å². The van der Waals surface area contributed by atoms with E-state index in [4.69, 9.17) is 0 Å². The number of allylic oxidation sites excluding steroid dienone is 2. The molecule has 4 nitrogen and oxygen atoms in total. The number of phenols is 1. The van der Waals surface area contributed by atoms with Crippen LogP contribution in [0.2, 0.25) is 0 Å². The van der Waals surface area contributed by atoms with Gasteiger partial charge in [0.05, 0.1) is 17.3 Å². The Bertz CT molecular complexity index is 1170. The third-order valence-corrected chi connectivity index (χ3v) is 6.72. The van der Waals surface area contributed by atoms with Crippen LogP contribution in [0.5, 0.6) is 5.75 Å². The Hall–Kier alpha value is -3.27. The van der Waals surface area contributed by atoms with Crippen LogP contribution in [0.3, 0.4) is 0 Å². The Morgan fingerprint density at radius 1 is 1.13 bits per heavy atom. The second kappa shape index (κ2) is 8.10. The van der Waals surface area contributed by atoms with Crippen LogP contribution in [-0.2, 0) is 0 Å². The van der Waals surface area contributed by atoms with Crippen LogP contribution in [0.4, 0.5) is 5.69 Å². The van der Waals surface area contributed by atoms with E-state index in [9.17, 15) is 9.90 Å². The van der Waals surface area contributed by atoms with E-state index in [0.717, 1.165) is 46.8 Å². The minimum absolute atomic E-state index is 0.0425. The normalized spacial score (nSPS) is 21.4. The molecule has 0 bridgehead atoms. The van der Waals surface area contributed by atoms with Crippen LogP contribution in [0.15, 0.2) is 66.7 Å². The highest BCUT2D eigenvalue weighted by Gasteiger charge is 2.40. The molecule has 158 valence electrons. The van der Waals surface area contributed by atoms with Crippen LogP contribution in [-0.4, -0.2) is 17.6 Å². The molecule has 0 radical (unpaired) electrons. The Morgan fingerprint density at radius 2 is 2.00 bits per heavy atom. The molecular formula is C27H28N2O2. The van der Waals surface area contributed by atoms with Crippen LogP contribution in [0, 0.1) is 5.92 Å². The summed E-state index contributed by atoms with van der Waals surface area (Å²) in [7, 11) is 0. The van der Waals surface area contributed by atoms with Gasteiger partial charge in [0.2, 0.25) is 0 Å². The lowest BCUT2D eigenvalue weighted by atomic mass is 9.75. The van der Waals surface area contributed by atoms with Crippen molar-refractivity contribution in [1.82, 2.24) is 5.32 Å². The molecule has 0 aromatic heterocycles. The summed E-state index contributed by atoms with van der Waals surface area (Å²) in [5, 5.41) is 19.8. The first kappa shape index (κ1) is 19.7.